The molecule has 1 aromatic heterocycles. The average molecular weight is 533 g/mol. The Hall–Kier alpha value is -4.00. The summed E-state index contributed by atoms with van der Waals surface area (Å²) in [6.45, 7) is 2.37. The number of amides is 3. The lowest BCUT2D eigenvalue weighted by Crippen LogP contribution is -2.49. The Balaban J connectivity index is 1.42. The van der Waals surface area contributed by atoms with Gasteiger partial charge in [0.05, 0.1) is 19.2 Å². The maximum absolute atomic E-state index is 14.0. The second-order valence-corrected chi connectivity index (χ2v) is 9.34. The second-order valence-electron chi connectivity index (χ2n) is 9.34. The van der Waals surface area contributed by atoms with Crippen molar-refractivity contribution < 1.29 is 37.4 Å². The van der Waals surface area contributed by atoms with Gasteiger partial charge in [-0.1, -0.05) is 6.07 Å². The monoisotopic (exact) mass is 532 g/mol. The van der Waals surface area contributed by atoms with E-state index in [-0.39, 0.29) is 36.0 Å². The molecule has 0 unspecified atom stereocenters. The van der Waals surface area contributed by atoms with Crippen molar-refractivity contribution >= 4 is 17.9 Å². The standard InChI is InChI=1S/C25H26F2N4O7/c1-14-12-36-19-11-30-10-17(23(33)28-9-15-4-5-16(26)8-18(15)27)21(32)22(20(30)24(34)31(14)19)37-13-38-25(35)29-6-2-3-7-29/h4-5,8,10,14,19H,2-3,6-7,9,11-13H2,1H3,(H,28,33)/t14-,19+/m0/s1. The molecule has 2 atom stereocenters. The minimum absolute atomic E-state index is 0.0160. The van der Waals surface area contributed by atoms with Crippen molar-refractivity contribution in [2.75, 3.05) is 26.5 Å². The zero-order chi connectivity index (χ0) is 27.0. The lowest BCUT2D eigenvalue weighted by Gasteiger charge is -2.34. The number of hydrogen-bond donors (Lipinski definition) is 1. The molecule has 2 fully saturated rings. The number of nitrogens with one attached hydrogen (secondary N) is 1. The van der Waals surface area contributed by atoms with Gasteiger partial charge in [-0.15, -0.1) is 0 Å². The van der Waals surface area contributed by atoms with Gasteiger partial charge in [-0.05, 0) is 25.8 Å². The molecule has 1 N–H and O–H groups in total. The molecule has 0 saturated carbocycles. The van der Waals surface area contributed by atoms with Crippen LogP contribution in [0.4, 0.5) is 13.6 Å². The average Bonchev–Trinajstić information content (AvgIpc) is 3.55. The third kappa shape index (κ3) is 4.80. The van der Waals surface area contributed by atoms with E-state index in [4.69, 9.17) is 14.2 Å². The maximum Gasteiger partial charge on any atom is 0.412 e. The first-order valence-electron chi connectivity index (χ1n) is 12.2. The Morgan fingerprint density at radius 3 is 2.68 bits per heavy atom. The number of nitrogens with zero attached hydrogens (tertiary/aromatic N) is 3. The van der Waals surface area contributed by atoms with Crippen molar-refractivity contribution in [3.8, 4) is 5.75 Å². The number of halogens is 2. The molecule has 2 saturated heterocycles. The van der Waals surface area contributed by atoms with Gasteiger partial charge in [0.25, 0.3) is 11.8 Å². The van der Waals surface area contributed by atoms with E-state index in [0.29, 0.717) is 25.8 Å². The lowest BCUT2D eigenvalue weighted by atomic mass is 10.1. The van der Waals surface area contributed by atoms with Gasteiger partial charge in [-0.25, -0.2) is 13.6 Å². The number of pyridine rings is 1. The van der Waals surface area contributed by atoms with Crippen molar-refractivity contribution in [2.45, 2.75) is 45.1 Å². The molecule has 1 aromatic carbocycles. The molecular formula is C25H26F2N4O7. The van der Waals surface area contributed by atoms with Crippen molar-refractivity contribution in [3.05, 3.63) is 63.1 Å². The Morgan fingerprint density at radius 1 is 1.18 bits per heavy atom. The summed E-state index contributed by atoms with van der Waals surface area (Å²) >= 11 is 0. The Labute approximate surface area is 215 Å². The Bertz CT molecular complexity index is 1340. The molecule has 11 nitrogen and oxygen atoms in total. The van der Waals surface area contributed by atoms with Crippen LogP contribution in [0.25, 0.3) is 0 Å². The molecule has 0 spiro atoms. The largest absolute Gasteiger partial charge is 0.451 e. The second kappa shape index (κ2) is 10.4. The molecule has 0 bridgehead atoms. The van der Waals surface area contributed by atoms with Crippen LogP contribution in [0.1, 0.15) is 46.2 Å². The van der Waals surface area contributed by atoms with E-state index in [2.05, 4.69) is 5.32 Å². The molecule has 38 heavy (non-hydrogen) atoms. The van der Waals surface area contributed by atoms with Gasteiger partial charge in [0.2, 0.25) is 18.0 Å². The van der Waals surface area contributed by atoms with Crippen LogP contribution in [0.5, 0.6) is 5.75 Å². The van der Waals surface area contributed by atoms with E-state index >= 15 is 0 Å². The van der Waals surface area contributed by atoms with Gasteiger partial charge in [0, 0.05) is 37.5 Å². The van der Waals surface area contributed by atoms with E-state index < -0.39 is 53.7 Å². The number of aromatic nitrogens is 1. The lowest BCUT2D eigenvalue weighted by molar-refractivity contribution is 0.00445. The zero-order valence-electron chi connectivity index (χ0n) is 20.6. The van der Waals surface area contributed by atoms with Crippen LogP contribution in [-0.2, 0) is 22.6 Å². The van der Waals surface area contributed by atoms with Gasteiger partial charge in [-0.2, -0.15) is 0 Å². The van der Waals surface area contributed by atoms with Crippen molar-refractivity contribution in [1.82, 2.24) is 19.7 Å². The number of rotatable bonds is 6. The van der Waals surface area contributed by atoms with Crippen LogP contribution in [0.15, 0.2) is 29.2 Å². The van der Waals surface area contributed by atoms with Crippen LogP contribution in [0, 0.1) is 11.6 Å². The van der Waals surface area contributed by atoms with Crippen molar-refractivity contribution in [3.63, 3.8) is 0 Å². The number of hydrogen-bond acceptors (Lipinski definition) is 7. The van der Waals surface area contributed by atoms with Crippen molar-refractivity contribution in [2.24, 2.45) is 0 Å². The maximum atomic E-state index is 14.0. The number of carbonyl (C=O) groups excluding carboxylic acids is 3. The number of benzene rings is 1. The number of likely N-dealkylation sites (tertiary alicyclic amines) is 1. The molecule has 0 radical (unpaired) electrons. The highest BCUT2D eigenvalue weighted by molar-refractivity contribution is 5.99. The van der Waals surface area contributed by atoms with E-state index in [1.807, 2.05) is 0 Å². The first-order chi connectivity index (χ1) is 18.2. The van der Waals surface area contributed by atoms with Crippen LogP contribution in [0.2, 0.25) is 0 Å². The quantitative estimate of drug-likeness (QED) is 0.564. The topological polar surface area (TPSA) is 119 Å². The van der Waals surface area contributed by atoms with Gasteiger partial charge in [0.1, 0.15) is 17.2 Å². The molecule has 4 heterocycles. The summed E-state index contributed by atoms with van der Waals surface area (Å²) in [6, 6.07) is 2.67. The summed E-state index contributed by atoms with van der Waals surface area (Å²) in [6.07, 6.45) is 1.72. The SMILES string of the molecule is C[C@H]1CO[C@@H]2Cn3cc(C(=O)NCc4ccc(F)cc4F)c(=O)c(OCOC(=O)N4CCCC4)c3C(=O)N12. The van der Waals surface area contributed by atoms with E-state index in [1.165, 1.54) is 26.6 Å². The normalized spacial score (nSPS) is 20.2. The summed E-state index contributed by atoms with van der Waals surface area (Å²) in [5.41, 5.74) is -1.35. The van der Waals surface area contributed by atoms with Crippen LogP contribution < -0.4 is 15.5 Å². The molecule has 202 valence electrons. The van der Waals surface area contributed by atoms with E-state index in [0.717, 1.165) is 18.9 Å². The number of fused-ring (bicyclic) bond motifs is 2. The molecule has 3 amide bonds. The van der Waals surface area contributed by atoms with Crippen LogP contribution in [0.3, 0.4) is 0 Å². The molecule has 5 rings (SSSR count). The minimum atomic E-state index is -0.898. The summed E-state index contributed by atoms with van der Waals surface area (Å²) in [7, 11) is 0. The molecule has 13 heteroatoms. The smallest absolute Gasteiger partial charge is 0.412 e. The Kier molecular flexibility index (Phi) is 7.02. The predicted octanol–water partition coefficient (Wildman–Crippen LogP) is 1.83. The molecule has 3 aliphatic rings. The highest BCUT2D eigenvalue weighted by Crippen LogP contribution is 2.30. The fraction of sp³-hybridized carbons (Fsp3) is 0.440. The predicted molar refractivity (Wildman–Crippen MR) is 126 cm³/mol. The van der Waals surface area contributed by atoms with Gasteiger partial charge < -0.3 is 33.9 Å². The summed E-state index contributed by atoms with van der Waals surface area (Å²) in [5, 5.41) is 2.44. The first-order valence-corrected chi connectivity index (χ1v) is 12.2. The summed E-state index contributed by atoms with van der Waals surface area (Å²) in [4.78, 5) is 55.0. The molecule has 0 aliphatic carbocycles. The fourth-order valence-corrected chi connectivity index (χ4v) is 4.82. The third-order valence-corrected chi connectivity index (χ3v) is 6.79. The molecule has 3 aliphatic heterocycles. The van der Waals surface area contributed by atoms with Crippen LogP contribution in [-0.4, -0.2) is 71.0 Å². The highest BCUT2D eigenvalue weighted by Gasteiger charge is 2.43. The molecular weight excluding hydrogens is 506 g/mol. The van der Waals surface area contributed by atoms with Gasteiger partial charge in [-0.3, -0.25) is 14.4 Å². The highest BCUT2D eigenvalue weighted by atomic mass is 19.1. The minimum Gasteiger partial charge on any atom is -0.451 e. The van der Waals surface area contributed by atoms with Crippen LogP contribution >= 0.6 is 0 Å². The summed E-state index contributed by atoms with van der Waals surface area (Å²) < 4.78 is 45.0. The Morgan fingerprint density at radius 2 is 1.95 bits per heavy atom. The van der Waals surface area contributed by atoms with Crippen molar-refractivity contribution in [1.29, 1.82) is 0 Å². The first kappa shape index (κ1) is 25.6. The third-order valence-electron chi connectivity index (χ3n) is 6.79. The summed E-state index contributed by atoms with van der Waals surface area (Å²) in [5.74, 6) is -3.44. The van der Waals surface area contributed by atoms with E-state index in [9.17, 15) is 28.0 Å². The van der Waals surface area contributed by atoms with Gasteiger partial charge in [0.15, 0.2) is 11.9 Å². The number of ether oxygens (including phenoxy) is 3. The zero-order valence-corrected chi connectivity index (χ0v) is 20.6. The van der Waals surface area contributed by atoms with E-state index in [1.54, 1.807) is 6.92 Å². The van der Waals surface area contributed by atoms with Gasteiger partial charge >= 0.3 is 6.09 Å². The number of carbonyl (C=O) groups is 3. The molecule has 2 aromatic rings. The fourth-order valence-electron chi connectivity index (χ4n) is 4.82.